The van der Waals surface area contributed by atoms with Gasteiger partial charge >= 0.3 is 0 Å². The first-order valence-electron chi connectivity index (χ1n) is 6.80. The van der Waals surface area contributed by atoms with Crippen LogP contribution in [0.3, 0.4) is 0 Å². The predicted molar refractivity (Wildman–Crippen MR) is 80.2 cm³/mol. The molecule has 0 aliphatic rings. The van der Waals surface area contributed by atoms with Crippen LogP contribution in [0, 0.1) is 0 Å². The van der Waals surface area contributed by atoms with E-state index in [0.717, 1.165) is 5.56 Å². The van der Waals surface area contributed by atoms with Gasteiger partial charge < -0.3 is 16.0 Å². The van der Waals surface area contributed by atoms with Crippen molar-refractivity contribution in [1.82, 2.24) is 10.2 Å². The van der Waals surface area contributed by atoms with Crippen LogP contribution in [0.2, 0.25) is 0 Å². The summed E-state index contributed by atoms with van der Waals surface area (Å²) in [5.74, 6) is -0.109. The normalized spacial score (nSPS) is 11.8. The Morgan fingerprint density at radius 2 is 1.90 bits per heavy atom. The monoisotopic (exact) mass is 277 g/mol. The van der Waals surface area contributed by atoms with Gasteiger partial charge in [-0.15, -0.1) is 0 Å². The molecule has 0 heterocycles. The minimum Gasteiger partial charge on any atom is -0.399 e. The number of hydrogen-bond donors (Lipinski definition) is 2. The minimum absolute atomic E-state index is 0.0532. The molecule has 0 aromatic heterocycles. The molecule has 0 bridgehead atoms. The lowest BCUT2D eigenvalue weighted by molar-refractivity contribution is -0.131. The summed E-state index contributed by atoms with van der Waals surface area (Å²) < 4.78 is 0. The van der Waals surface area contributed by atoms with Crippen LogP contribution in [0.25, 0.3) is 0 Å². The van der Waals surface area contributed by atoms with E-state index < -0.39 is 0 Å². The maximum absolute atomic E-state index is 11.8. The molecule has 0 saturated carbocycles. The molecule has 5 nitrogen and oxygen atoms in total. The SMILES string of the molecule is CCN(C)C(=O)CNC(=O)CC(C)c1ccc(N)cc1. The number of nitrogens with zero attached hydrogens (tertiary/aromatic N) is 1. The van der Waals surface area contributed by atoms with E-state index in [1.165, 1.54) is 0 Å². The number of amides is 2. The van der Waals surface area contributed by atoms with Gasteiger partial charge in [-0.1, -0.05) is 19.1 Å². The van der Waals surface area contributed by atoms with Gasteiger partial charge in [0, 0.05) is 25.7 Å². The average molecular weight is 277 g/mol. The fourth-order valence-corrected chi connectivity index (χ4v) is 1.78. The Hall–Kier alpha value is -2.04. The summed E-state index contributed by atoms with van der Waals surface area (Å²) >= 11 is 0. The Balaban J connectivity index is 2.42. The standard InChI is InChI=1S/C15H23N3O2/c1-4-18(3)15(20)10-17-14(19)9-11(2)12-5-7-13(16)8-6-12/h5-8,11H,4,9-10,16H2,1-3H3,(H,17,19). The van der Waals surface area contributed by atoms with E-state index in [0.29, 0.717) is 18.7 Å². The molecule has 1 aromatic carbocycles. The Bertz CT molecular complexity index is 457. The van der Waals surface area contributed by atoms with Crippen LogP contribution in [0.4, 0.5) is 5.69 Å². The molecule has 0 fully saturated rings. The fourth-order valence-electron chi connectivity index (χ4n) is 1.78. The lowest BCUT2D eigenvalue weighted by atomic mass is 9.97. The van der Waals surface area contributed by atoms with Crippen molar-refractivity contribution in [2.75, 3.05) is 25.9 Å². The first kappa shape index (κ1) is 16.0. The molecule has 0 saturated heterocycles. The Morgan fingerprint density at radius 3 is 2.45 bits per heavy atom. The van der Waals surface area contributed by atoms with Gasteiger partial charge in [-0.2, -0.15) is 0 Å². The molecule has 3 N–H and O–H groups in total. The number of rotatable bonds is 6. The van der Waals surface area contributed by atoms with E-state index in [1.54, 1.807) is 11.9 Å². The van der Waals surface area contributed by atoms with Crippen LogP contribution < -0.4 is 11.1 Å². The quantitative estimate of drug-likeness (QED) is 0.771. The Labute approximate surface area is 120 Å². The second kappa shape index (κ2) is 7.53. The summed E-state index contributed by atoms with van der Waals surface area (Å²) in [6.07, 6.45) is 0.354. The molecule has 1 unspecified atom stereocenters. The molecule has 0 spiro atoms. The highest BCUT2D eigenvalue weighted by molar-refractivity contribution is 5.84. The molecular formula is C15H23N3O2. The number of carbonyl (C=O) groups excluding carboxylic acids is 2. The summed E-state index contributed by atoms with van der Waals surface area (Å²) in [5, 5.41) is 2.65. The van der Waals surface area contributed by atoms with Crippen LogP contribution in [0.5, 0.6) is 0 Å². The Morgan fingerprint density at radius 1 is 1.30 bits per heavy atom. The van der Waals surface area contributed by atoms with Crippen molar-refractivity contribution in [3.05, 3.63) is 29.8 Å². The van der Waals surface area contributed by atoms with E-state index in [4.69, 9.17) is 5.73 Å². The lowest BCUT2D eigenvalue weighted by Gasteiger charge is -2.16. The molecule has 0 aliphatic carbocycles. The third-order valence-corrected chi connectivity index (χ3v) is 3.33. The number of nitrogen functional groups attached to an aromatic ring is 1. The summed E-state index contributed by atoms with van der Waals surface area (Å²) in [6, 6.07) is 7.49. The number of carbonyl (C=O) groups is 2. The van der Waals surface area contributed by atoms with Gasteiger partial charge in [0.25, 0.3) is 0 Å². The van der Waals surface area contributed by atoms with Crippen molar-refractivity contribution in [2.45, 2.75) is 26.2 Å². The smallest absolute Gasteiger partial charge is 0.241 e. The van der Waals surface area contributed by atoms with Gasteiger partial charge in [0.2, 0.25) is 11.8 Å². The topological polar surface area (TPSA) is 75.4 Å². The van der Waals surface area contributed by atoms with Gasteiger partial charge in [0.15, 0.2) is 0 Å². The predicted octanol–water partition coefficient (Wildman–Crippen LogP) is 1.36. The largest absolute Gasteiger partial charge is 0.399 e. The maximum Gasteiger partial charge on any atom is 0.241 e. The number of nitrogens with two attached hydrogens (primary N) is 1. The number of anilines is 1. The molecule has 5 heteroatoms. The van der Waals surface area contributed by atoms with E-state index in [9.17, 15) is 9.59 Å². The van der Waals surface area contributed by atoms with Crippen molar-refractivity contribution in [3.63, 3.8) is 0 Å². The highest BCUT2D eigenvalue weighted by Gasteiger charge is 2.13. The molecule has 1 atom stereocenters. The summed E-state index contributed by atoms with van der Waals surface area (Å²) in [7, 11) is 1.71. The molecule has 0 aliphatic heterocycles. The van der Waals surface area contributed by atoms with Crippen LogP contribution in [0.1, 0.15) is 31.7 Å². The molecule has 0 radical (unpaired) electrons. The van der Waals surface area contributed by atoms with Crippen molar-refractivity contribution in [2.24, 2.45) is 0 Å². The van der Waals surface area contributed by atoms with Gasteiger partial charge in [-0.25, -0.2) is 0 Å². The first-order chi connectivity index (χ1) is 9.43. The molecule has 20 heavy (non-hydrogen) atoms. The van der Waals surface area contributed by atoms with Crippen molar-refractivity contribution in [1.29, 1.82) is 0 Å². The second-order valence-electron chi connectivity index (χ2n) is 4.96. The maximum atomic E-state index is 11.8. The molecule has 1 aromatic rings. The fraction of sp³-hybridized carbons (Fsp3) is 0.467. The summed E-state index contributed by atoms with van der Waals surface area (Å²) in [4.78, 5) is 24.9. The van der Waals surface area contributed by atoms with Crippen LogP contribution in [-0.4, -0.2) is 36.9 Å². The van der Waals surface area contributed by atoms with Crippen LogP contribution >= 0.6 is 0 Å². The van der Waals surface area contributed by atoms with Crippen molar-refractivity contribution in [3.8, 4) is 0 Å². The zero-order valence-electron chi connectivity index (χ0n) is 12.3. The third kappa shape index (κ3) is 4.91. The van der Waals surface area contributed by atoms with Crippen molar-refractivity contribution < 1.29 is 9.59 Å². The zero-order chi connectivity index (χ0) is 15.1. The summed E-state index contributed by atoms with van der Waals surface area (Å²) in [5.41, 5.74) is 7.40. The van der Waals surface area contributed by atoms with Crippen LogP contribution in [0.15, 0.2) is 24.3 Å². The van der Waals surface area contributed by atoms with E-state index in [2.05, 4.69) is 5.32 Å². The minimum atomic E-state index is -0.118. The van der Waals surface area contributed by atoms with E-state index in [-0.39, 0.29) is 24.3 Å². The lowest BCUT2D eigenvalue weighted by Crippen LogP contribution is -2.38. The third-order valence-electron chi connectivity index (χ3n) is 3.33. The molecule has 110 valence electrons. The zero-order valence-corrected chi connectivity index (χ0v) is 12.3. The van der Waals surface area contributed by atoms with Gasteiger partial charge in [-0.3, -0.25) is 9.59 Å². The van der Waals surface area contributed by atoms with Gasteiger partial charge in [-0.05, 0) is 30.5 Å². The number of likely N-dealkylation sites (N-methyl/N-ethyl adjacent to an activating group) is 1. The first-order valence-corrected chi connectivity index (χ1v) is 6.80. The summed E-state index contributed by atoms with van der Waals surface area (Å²) in [6.45, 7) is 4.56. The van der Waals surface area contributed by atoms with E-state index >= 15 is 0 Å². The van der Waals surface area contributed by atoms with Crippen LogP contribution in [-0.2, 0) is 9.59 Å². The van der Waals surface area contributed by atoms with Gasteiger partial charge in [0.1, 0.15) is 0 Å². The molecule has 1 rings (SSSR count). The van der Waals surface area contributed by atoms with Gasteiger partial charge in [0.05, 0.1) is 6.54 Å². The van der Waals surface area contributed by atoms with Crippen molar-refractivity contribution >= 4 is 17.5 Å². The number of benzene rings is 1. The average Bonchev–Trinajstić information content (AvgIpc) is 2.44. The number of hydrogen-bond acceptors (Lipinski definition) is 3. The highest BCUT2D eigenvalue weighted by atomic mass is 16.2. The highest BCUT2D eigenvalue weighted by Crippen LogP contribution is 2.19. The molecule has 2 amide bonds. The molecular weight excluding hydrogens is 254 g/mol. The number of nitrogens with one attached hydrogen (secondary N) is 1. The van der Waals surface area contributed by atoms with E-state index in [1.807, 2.05) is 38.1 Å². The Kier molecular flexibility index (Phi) is 6.03. The second-order valence-corrected chi connectivity index (χ2v) is 4.96.